The third-order valence-electron chi connectivity index (χ3n) is 3.15. The van der Waals surface area contributed by atoms with Crippen LogP contribution in [0.4, 0.5) is 0 Å². The lowest BCUT2D eigenvalue weighted by molar-refractivity contribution is 0.291. The second kappa shape index (κ2) is 8.04. The van der Waals surface area contributed by atoms with Crippen molar-refractivity contribution in [3.63, 3.8) is 0 Å². The van der Waals surface area contributed by atoms with Crippen molar-refractivity contribution in [3.05, 3.63) is 48.6 Å². The lowest BCUT2D eigenvalue weighted by atomic mass is 9.85. The highest BCUT2D eigenvalue weighted by Crippen LogP contribution is 2.28. The van der Waals surface area contributed by atoms with Crippen LogP contribution in [0.25, 0.3) is 0 Å². The molecule has 2 atom stereocenters. The molecule has 0 saturated carbocycles. The molecular formula is C15H23NO. The average Bonchev–Trinajstić information content (AvgIpc) is 2.39. The minimum absolute atomic E-state index is 0.201. The molecule has 0 aliphatic carbocycles. The number of aliphatic hydroxyl groups excluding tert-OH is 1. The van der Waals surface area contributed by atoms with E-state index in [1.807, 2.05) is 12.1 Å². The summed E-state index contributed by atoms with van der Waals surface area (Å²) in [6.07, 6.45) is 3.08. The molecule has 1 aromatic carbocycles. The molecule has 2 N–H and O–H groups in total. The Morgan fingerprint density at radius 1 is 1.29 bits per heavy atom. The maximum absolute atomic E-state index is 8.73. The number of allylic oxidation sites excluding steroid dienone is 1. The van der Waals surface area contributed by atoms with Crippen LogP contribution in [0.5, 0.6) is 0 Å². The van der Waals surface area contributed by atoms with E-state index >= 15 is 0 Å². The van der Waals surface area contributed by atoms with Crippen LogP contribution in [0, 0.1) is 5.92 Å². The summed E-state index contributed by atoms with van der Waals surface area (Å²) in [6, 6.07) is 10.6. The van der Waals surface area contributed by atoms with Gasteiger partial charge in [0.1, 0.15) is 0 Å². The molecule has 0 fully saturated rings. The molecule has 0 amide bonds. The molecule has 2 unspecified atom stereocenters. The van der Waals surface area contributed by atoms with Gasteiger partial charge in [-0.3, -0.25) is 0 Å². The molecule has 94 valence electrons. The fourth-order valence-corrected chi connectivity index (χ4v) is 2.06. The molecule has 0 aromatic heterocycles. The first-order chi connectivity index (χ1) is 8.29. The predicted molar refractivity (Wildman–Crippen MR) is 73.1 cm³/mol. The Balaban J connectivity index is 2.58. The Hall–Kier alpha value is -1.12. The number of aliphatic hydroxyl groups is 1. The van der Waals surface area contributed by atoms with Crippen molar-refractivity contribution >= 4 is 0 Å². The van der Waals surface area contributed by atoms with E-state index in [0.29, 0.717) is 18.4 Å². The van der Waals surface area contributed by atoms with Crippen molar-refractivity contribution < 1.29 is 5.11 Å². The Labute approximate surface area is 104 Å². The van der Waals surface area contributed by atoms with Gasteiger partial charge in [-0.15, -0.1) is 6.58 Å². The van der Waals surface area contributed by atoms with E-state index in [-0.39, 0.29) is 6.61 Å². The van der Waals surface area contributed by atoms with Crippen molar-refractivity contribution in [2.24, 2.45) is 5.92 Å². The van der Waals surface area contributed by atoms with Crippen LogP contribution < -0.4 is 5.32 Å². The summed E-state index contributed by atoms with van der Waals surface area (Å²) in [5, 5.41) is 12.0. The van der Waals surface area contributed by atoms with Crippen molar-refractivity contribution in [3.8, 4) is 0 Å². The molecule has 0 saturated heterocycles. The van der Waals surface area contributed by atoms with Crippen LogP contribution in [0.3, 0.4) is 0 Å². The van der Waals surface area contributed by atoms with Crippen LogP contribution in [0.1, 0.15) is 24.8 Å². The highest BCUT2D eigenvalue weighted by molar-refractivity contribution is 5.21. The van der Waals surface area contributed by atoms with E-state index in [9.17, 15) is 0 Å². The van der Waals surface area contributed by atoms with Crippen LogP contribution in [-0.2, 0) is 0 Å². The topological polar surface area (TPSA) is 32.3 Å². The maximum Gasteiger partial charge on any atom is 0.0555 e. The first-order valence-electron chi connectivity index (χ1n) is 6.28. The number of hydrogen-bond acceptors (Lipinski definition) is 2. The molecular weight excluding hydrogens is 210 g/mol. The minimum Gasteiger partial charge on any atom is -0.395 e. The number of rotatable bonds is 8. The van der Waals surface area contributed by atoms with Gasteiger partial charge in [-0.05, 0) is 30.4 Å². The van der Waals surface area contributed by atoms with Gasteiger partial charge in [-0.2, -0.15) is 0 Å². The molecule has 0 aliphatic heterocycles. The normalized spacial score (nSPS) is 14.2. The molecule has 0 radical (unpaired) electrons. The largest absolute Gasteiger partial charge is 0.395 e. The summed E-state index contributed by atoms with van der Waals surface area (Å²) in [5.41, 5.74) is 1.37. The van der Waals surface area contributed by atoms with Crippen LogP contribution >= 0.6 is 0 Å². The average molecular weight is 233 g/mol. The van der Waals surface area contributed by atoms with Gasteiger partial charge < -0.3 is 10.4 Å². The van der Waals surface area contributed by atoms with Crippen molar-refractivity contribution in [1.29, 1.82) is 0 Å². The number of hydrogen-bond donors (Lipinski definition) is 2. The number of nitrogens with one attached hydrogen (secondary N) is 1. The zero-order valence-corrected chi connectivity index (χ0v) is 10.6. The maximum atomic E-state index is 8.73. The van der Waals surface area contributed by atoms with Crippen molar-refractivity contribution in [2.45, 2.75) is 19.3 Å². The summed E-state index contributed by atoms with van der Waals surface area (Å²) >= 11 is 0. The summed E-state index contributed by atoms with van der Waals surface area (Å²) in [7, 11) is 0. The van der Waals surface area contributed by atoms with E-state index in [1.165, 1.54) is 5.56 Å². The van der Waals surface area contributed by atoms with Crippen molar-refractivity contribution in [2.75, 3.05) is 19.7 Å². The zero-order chi connectivity index (χ0) is 12.5. The molecule has 0 spiro atoms. The van der Waals surface area contributed by atoms with Gasteiger partial charge >= 0.3 is 0 Å². The first-order valence-corrected chi connectivity index (χ1v) is 6.28. The lowest BCUT2D eigenvalue weighted by Crippen LogP contribution is -2.22. The number of benzene rings is 1. The highest BCUT2D eigenvalue weighted by atomic mass is 16.3. The second-order valence-electron chi connectivity index (χ2n) is 4.37. The monoisotopic (exact) mass is 233 g/mol. The zero-order valence-electron chi connectivity index (χ0n) is 10.6. The van der Waals surface area contributed by atoms with Gasteiger partial charge in [0, 0.05) is 6.54 Å². The van der Waals surface area contributed by atoms with E-state index in [0.717, 1.165) is 13.0 Å². The minimum atomic E-state index is 0.201. The van der Waals surface area contributed by atoms with Crippen molar-refractivity contribution in [1.82, 2.24) is 5.32 Å². The summed E-state index contributed by atoms with van der Waals surface area (Å²) in [5.74, 6) is 0.966. The second-order valence-corrected chi connectivity index (χ2v) is 4.37. The molecule has 2 heteroatoms. The van der Waals surface area contributed by atoms with Gasteiger partial charge in [0.15, 0.2) is 0 Å². The lowest BCUT2D eigenvalue weighted by Gasteiger charge is -2.22. The molecule has 0 heterocycles. The Morgan fingerprint density at radius 3 is 2.59 bits per heavy atom. The quantitative estimate of drug-likeness (QED) is 0.534. The Kier molecular flexibility index (Phi) is 6.60. The third-order valence-corrected chi connectivity index (χ3v) is 3.15. The SMILES string of the molecule is C=CC(C)C(CCNCCO)c1ccccc1. The van der Waals surface area contributed by atoms with Gasteiger partial charge in [0.25, 0.3) is 0 Å². The molecule has 1 rings (SSSR count). The Morgan fingerprint density at radius 2 is 2.00 bits per heavy atom. The molecule has 1 aromatic rings. The van der Waals surface area contributed by atoms with E-state index in [2.05, 4.69) is 43.1 Å². The summed E-state index contributed by atoms with van der Waals surface area (Å²) < 4.78 is 0. The molecule has 0 bridgehead atoms. The molecule has 2 nitrogen and oxygen atoms in total. The van der Waals surface area contributed by atoms with E-state index < -0.39 is 0 Å². The summed E-state index contributed by atoms with van der Waals surface area (Å²) in [6.45, 7) is 7.90. The predicted octanol–water partition coefficient (Wildman–Crippen LogP) is 2.56. The van der Waals surface area contributed by atoms with E-state index in [4.69, 9.17) is 5.11 Å². The van der Waals surface area contributed by atoms with Gasteiger partial charge in [0.2, 0.25) is 0 Å². The van der Waals surface area contributed by atoms with Gasteiger partial charge in [-0.1, -0.05) is 43.3 Å². The van der Waals surface area contributed by atoms with E-state index in [1.54, 1.807) is 0 Å². The highest BCUT2D eigenvalue weighted by Gasteiger charge is 2.15. The Bertz CT molecular complexity index is 310. The first kappa shape index (κ1) is 13.9. The van der Waals surface area contributed by atoms with Gasteiger partial charge in [0.05, 0.1) is 6.61 Å². The molecule has 0 aliphatic rings. The van der Waals surface area contributed by atoms with Crippen LogP contribution in [0.15, 0.2) is 43.0 Å². The standard InChI is InChI=1S/C15H23NO/c1-3-13(2)15(9-10-16-11-12-17)14-7-5-4-6-8-14/h3-8,13,15-17H,1,9-12H2,2H3. The third kappa shape index (κ3) is 4.72. The smallest absolute Gasteiger partial charge is 0.0555 e. The fraction of sp³-hybridized carbons (Fsp3) is 0.467. The fourth-order valence-electron chi connectivity index (χ4n) is 2.06. The van der Waals surface area contributed by atoms with Crippen LogP contribution in [-0.4, -0.2) is 24.8 Å². The van der Waals surface area contributed by atoms with Gasteiger partial charge in [-0.25, -0.2) is 0 Å². The summed E-state index contributed by atoms with van der Waals surface area (Å²) in [4.78, 5) is 0. The van der Waals surface area contributed by atoms with Crippen LogP contribution in [0.2, 0.25) is 0 Å². The molecule has 17 heavy (non-hydrogen) atoms.